The summed E-state index contributed by atoms with van der Waals surface area (Å²) in [5, 5.41) is 2.21. The number of imide groups is 1. The Bertz CT molecular complexity index is 718. The van der Waals surface area contributed by atoms with E-state index in [0.717, 1.165) is 22.2 Å². The third kappa shape index (κ3) is 6.26. The van der Waals surface area contributed by atoms with Gasteiger partial charge < -0.3 is 14.8 Å². The van der Waals surface area contributed by atoms with Crippen molar-refractivity contribution in [2.24, 2.45) is 0 Å². The molecule has 0 aliphatic carbocycles. The molecule has 3 amide bonds. The normalized spacial score (nSPS) is 14.9. The van der Waals surface area contributed by atoms with Crippen LogP contribution in [0.3, 0.4) is 0 Å². The Hall–Kier alpha value is -2.55. The zero-order valence-corrected chi connectivity index (χ0v) is 16.9. The number of ether oxygens (including phenoxy) is 2. The first-order chi connectivity index (χ1) is 13.3. The zero-order chi connectivity index (χ0) is 20.7. The molecule has 1 saturated heterocycles. The molecule has 1 fully saturated rings. The predicted molar refractivity (Wildman–Crippen MR) is 104 cm³/mol. The molecule has 1 aromatic rings. The molecule has 0 radical (unpaired) electrons. The third-order valence-electron chi connectivity index (χ3n) is 4.06. The van der Waals surface area contributed by atoms with E-state index >= 15 is 0 Å². The number of nitrogens with one attached hydrogen (secondary N) is 1. The van der Waals surface area contributed by atoms with Crippen molar-refractivity contribution in [1.29, 1.82) is 0 Å². The van der Waals surface area contributed by atoms with Crippen LogP contribution in [0.5, 0.6) is 5.75 Å². The van der Waals surface area contributed by atoms with Gasteiger partial charge in [0.25, 0.3) is 11.1 Å². The molecule has 0 unspecified atom stereocenters. The molecule has 1 aliphatic heterocycles. The summed E-state index contributed by atoms with van der Waals surface area (Å²) in [5.74, 6) is -0.392. The van der Waals surface area contributed by atoms with Crippen molar-refractivity contribution in [2.45, 2.75) is 32.8 Å². The molecule has 1 atom stereocenters. The minimum Gasteiger partial charge on any atom is -0.482 e. The van der Waals surface area contributed by atoms with E-state index in [9.17, 15) is 19.2 Å². The molecule has 2 rings (SSSR count). The van der Waals surface area contributed by atoms with Crippen LogP contribution in [0.1, 0.15) is 32.3 Å². The van der Waals surface area contributed by atoms with Crippen molar-refractivity contribution >= 4 is 34.8 Å². The van der Waals surface area contributed by atoms with Gasteiger partial charge in [0, 0.05) is 13.1 Å². The van der Waals surface area contributed by atoms with Gasteiger partial charge in [-0.1, -0.05) is 37.7 Å². The Morgan fingerprint density at radius 1 is 1.18 bits per heavy atom. The smallest absolute Gasteiger partial charge is 0.344 e. The van der Waals surface area contributed by atoms with E-state index in [1.165, 1.54) is 6.92 Å². The lowest BCUT2D eigenvalue weighted by molar-refractivity contribution is -0.156. The zero-order valence-electron chi connectivity index (χ0n) is 16.1. The average molecular weight is 408 g/mol. The van der Waals surface area contributed by atoms with E-state index in [0.29, 0.717) is 11.7 Å². The Morgan fingerprint density at radius 3 is 2.43 bits per heavy atom. The number of esters is 1. The van der Waals surface area contributed by atoms with E-state index in [-0.39, 0.29) is 36.6 Å². The van der Waals surface area contributed by atoms with E-state index in [2.05, 4.69) is 19.2 Å². The number of rotatable bonds is 9. The minimum atomic E-state index is -1.02. The maximum atomic E-state index is 12.0. The first-order valence-electron chi connectivity index (χ1n) is 8.95. The van der Waals surface area contributed by atoms with E-state index in [1.807, 2.05) is 12.1 Å². The second kappa shape index (κ2) is 10.1. The quantitative estimate of drug-likeness (QED) is 0.623. The fourth-order valence-electron chi connectivity index (χ4n) is 2.41. The van der Waals surface area contributed by atoms with Crippen molar-refractivity contribution in [3.8, 4) is 5.75 Å². The van der Waals surface area contributed by atoms with Crippen LogP contribution in [0, 0.1) is 0 Å². The lowest BCUT2D eigenvalue weighted by atomic mass is 10.0. The largest absolute Gasteiger partial charge is 0.482 e. The van der Waals surface area contributed by atoms with Crippen LogP contribution in [0.25, 0.3) is 0 Å². The van der Waals surface area contributed by atoms with Crippen LogP contribution in [0.15, 0.2) is 24.3 Å². The molecule has 0 saturated carbocycles. The van der Waals surface area contributed by atoms with Crippen molar-refractivity contribution in [1.82, 2.24) is 10.2 Å². The summed E-state index contributed by atoms with van der Waals surface area (Å²) in [5.41, 5.74) is 1.16. The number of carbonyl (C=O) groups is 4. The van der Waals surface area contributed by atoms with Crippen molar-refractivity contribution in [3.05, 3.63) is 29.8 Å². The molecule has 1 heterocycles. The second-order valence-electron chi connectivity index (χ2n) is 6.54. The molecular weight excluding hydrogens is 384 g/mol. The molecule has 152 valence electrons. The van der Waals surface area contributed by atoms with Gasteiger partial charge in [-0.2, -0.15) is 0 Å². The molecule has 1 aliphatic rings. The van der Waals surface area contributed by atoms with Gasteiger partial charge in [0.15, 0.2) is 12.7 Å². The maximum absolute atomic E-state index is 12.0. The fourth-order valence-corrected chi connectivity index (χ4v) is 3.16. The summed E-state index contributed by atoms with van der Waals surface area (Å²) in [7, 11) is 0. The Morgan fingerprint density at radius 2 is 1.86 bits per heavy atom. The first-order valence-corrected chi connectivity index (χ1v) is 9.93. The Labute approximate surface area is 167 Å². The Kier molecular flexibility index (Phi) is 7.86. The van der Waals surface area contributed by atoms with Gasteiger partial charge in [-0.25, -0.2) is 4.79 Å². The molecule has 0 spiro atoms. The molecule has 8 nitrogen and oxygen atoms in total. The number of hydrogen-bond donors (Lipinski definition) is 1. The monoisotopic (exact) mass is 408 g/mol. The number of benzene rings is 1. The highest BCUT2D eigenvalue weighted by Gasteiger charge is 2.29. The summed E-state index contributed by atoms with van der Waals surface area (Å²) < 4.78 is 10.4. The minimum absolute atomic E-state index is 0.0898. The predicted octanol–water partition coefficient (Wildman–Crippen LogP) is 1.93. The maximum Gasteiger partial charge on any atom is 0.344 e. The van der Waals surface area contributed by atoms with Crippen LogP contribution in [-0.2, 0) is 19.1 Å². The lowest BCUT2D eigenvalue weighted by Gasteiger charge is -2.16. The SMILES string of the molecule is CC(C)c1ccc(OCC(=O)O[C@@H](C)C(=O)NCCN2C(=O)CSC2=O)cc1. The van der Waals surface area contributed by atoms with Gasteiger partial charge in [-0.3, -0.25) is 19.3 Å². The van der Waals surface area contributed by atoms with E-state index in [4.69, 9.17) is 9.47 Å². The number of thioether (sulfide) groups is 1. The summed E-state index contributed by atoms with van der Waals surface area (Å²) >= 11 is 0.934. The molecular formula is C19H24N2O6S. The highest BCUT2D eigenvalue weighted by molar-refractivity contribution is 8.14. The molecule has 9 heteroatoms. The van der Waals surface area contributed by atoms with Crippen LogP contribution < -0.4 is 10.1 Å². The number of nitrogens with zero attached hydrogens (tertiary/aromatic N) is 1. The van der Waals surface area contributed by atoms with Gasteiger partial charge in [-0.15, -0.1) is 0 Å². The summed E-state index contributed by atoms with van der Waals surface area (Å²) in [6, 6.07) is 7.40. The molecule has 28 heavy (non-hydrogen) atoms. The van der Waals surface area contributed by atoms with Crippen molar-refractivity contribution < 1.29 is 28.7 Å². The fraction of sp³-hybridized carbons (Fsp3) is 0.474. The summed E-state index contributed by atoms with van der Waals surface area (Å²) in [4.78, 5) is 47.8. The summed E-state index contributed by atoms with van der Waals surface area (Å²) in [6.07, 6.45) is -1.02. The molecule has 1 N–H and O–H groups in total. The number of carbonyl (C=O) groups excluding carboxylic acids is 4. The topological polar surface area (TPSA) is 102 Å². The van der Waals surface area contributed by atoms with Gasteiger partial charge >= 0.3 is 5.97 Å². The van der Waals surface area contributed by atoms with Gasteiger partial charge in [0.1, 0.15) is 5.75 Å². The van der Waals surface area contributed by atoms with Gasteiger partial charge in [-0.05, 0) is 30.5 Å². The number of amides is 3. The second-order valence-corrected chi connectivity index (χ2v) is 7.46. The van der Waals surface area contributed by atoms with Gasteiger partial charge in [0.2, 0.25) is 5.91 Å². The third-order valence-corrected chi connectivity index (χ3v) is 4.91. The first kappa shape index (κ1) is 21.7. The van der Waals surface area contributed by atoms with Crippen LogP contribution >= 0.6 is 11.8 Å². The van der Waals surface area contributed by atoms with E-state index < -0.39 is 18.0 Å². The van der Waals surface area contributed by atoms with Crippen LogP contribution in [0.4, 0.5) is 4.79 Å². The molecule has 0 aromatic heterocycles. The van der Waals surface area contributed by atoms with Crippen LogP contribution in [0.2, 0.25) is 0 Å². The number of hydrogen-bond acceptors (Lipinski definition) is 7. The highest BCUT2D eigenvalue weighted by atomic mass is 32.2. The van der Waals surface area contributed by atoms with E-state index in [1.54, 1.807) is 12.1 Å². The standard InChI is InChI=1S/C19H24N2O6S/c1-12(2)14-4-6-15(7-5-14)26-10-17(23)27-13(3)18(24)20-8-9-21-16(22)11-28-19(21)25/h4-7,12-13H,8-11H2,1-3H3,(H,20,24)/t13-/m0/s1. The van der Waals surface area contributed by atoms with Crippen molar-refractivity contribution in [3.63, 3.8) is 0 Å². The lowest BCUT2D eigenvalue weighted by Crippen LogP contribution is -2.42. The van der Waals surface area contributed by atoms with Crippen LogP contribution in [-0.4, -0.2) is 59.5 Å². The van der Waals surface area contributed by atoms with Crippen molar-refractivity contribution in [2.75, 3.05) is 25.4 Å². The Balaban J connectivity index is 1.68. The van der Waals surface area contributed by atoms with Gasteiger partial charge in [0.05, 0.1) is 5.75 Å². The average Bonchev–Trinajstić information content (AvgIpc) is 2.98. The molecule has 0 bridgehead atoms. The summed E-state index contributed by atoms with van der Waals surface area (Å²) in [6.45, 7) is 5.47. The highest BCUT2D eigenvalue weighted by Crippen LogP contribution is 2.19. The molecule has 1 aromatic carbocycles.